The van der Waals surface area contributed by atoms with E-state index in [2.05, 4.69) is 10.2 Å². The van der Waals surface area contributed by atoms with Gasteiger partial charge in [0, 0.05) is 18.6 Å². The predicted molar refractivity (Wildman–Crippen MR) is 81.8 cm³/mol. The minimum Gasteiger partial charge on any atom is -0.393 e. The van der Waals surface area contributed by atoms with Crippen molar-refractivity contribution in [3.05, 3.63) is 28.3 Å². The average molecular weight is 291 g/mol. The van der Waals surface area contributed by atoms with Crippen molar-refractivity contribution >= 4 is 17.1 Å². The molecule has 0 aromatic heterocycles. The van der Waals surface area contributed by atoms with E-state index in [0.29, 0.717) is 30.8 Å². The number of nitro groups is 1. The topological polar surface area (TPSA) is 78.6 Å². The summed E-state index contributed by atoms with van der Waals surface area (Å²) in [6, 6.07) is 5.89. The van der Waals surface area contributed by atoms with Crippen LogP contribution in [0.2, 0.25) is 0 Å². The van der Waals surface area contributed by atoms with Crippen LogP contribution in [0.5, 0.6) is 0 Å². The number of hydrogen-bond acceptors (Lipinski definition) is 5. The van der Waals surface area contributed by atoms with E-state index < -0.39 is 0 Å². The molecule has 2 atom stereocenters. The first-order valence-electron chi connectivity index (χ1n) is 7.59. The Hall–Kier alpha value is -1.82. The van der Waals surface area contributed by atoms with Crippen molar-refractivity contribution in [3.63, 3.8) is 0 Å². The Morgan fingerprint density at radius 3 is 2.62 bits per heavy atom. The van der Waals surface area contributed by atoms with Crippen LogP contribution >= 0.6 is 0 Å². The van der Waals surface area contributed by atoms with Crippen molar-refractivity contribution in [1.29, 1.82) is 0 Å². The standard InChI is InChI=1S/C15H21N3O3/c1-2-16-13-4-3-5-14(15(13)18(20)21)17-10-6-7-11(17)9-12(19)8-10/h3-5,10-12,16,19H,2,6-9H2,1H3. The molecule has 3 rings (SSSR count). The van der Waals surface area contributed by atoms with E-state index in [-0.39, 0.29) is 28.8 Å². The molecule has 2 aliphatic rings. The van der Waals surface area contributed by atoms with Crippen molar-refractivity contribution in [2.45, 2.75) is 50.8 Å². The first-order valence-corrected chi connectivity index (χ1v) is 7.59. The van der Waals surface area contributed by atoms with Crippen LogP contribution in [0.25, 0.3) is 0 Å². The predicted octanol–water partition coefficient (Wildman–Crippen LogP) is 2.52. The molecule has 21 heavy (non-hydrogen) atoms. The fourth-order valence-electron chi connectivity index (χ4n) is 3.81. The number of hydrogen-bond donors (Lipinski definition) is 2. The largest absolute Gasteiger partial charge is 0.393 e. The van der Waals surface area contributed by atoms with Crippen molar-refractivity contribution in [3.8, 4) is 0 Å². The number of aliphatic hydroxyl groups is 1. The van der Waals surface area contributed by atoms with Gasteiger partial charge in [-0.2, -0.15) is 0 Å². The molecular weight excluding hydrogens is 270 g/mol. The normalized spacial score (nSPS) is 27.7. The van der Waals surface area contributed by atoms with Crippen LogP contribution in [-0.2, 0) is 0 Å². The third-order valence-corrected chi connectivity index (χ3v) is 4.55. The highest BCUT2D eigenvalue weighted by atomic mass is 16.6. The zero-order valence-corrected chi connectivity index (χ0v) is 12.2. The summed E-state index contributed by atoms with van der Waals surface area (Å²) in [5, 5.41) is 24.5. The van der Waals surface area contributed by atoms with Crippen LogP contribution in [0.1, 0.15) is 32.6 Å². The molecule has 2 bridgehead atoms. The first-order chi connectivity index (χ1) is 10.1. The van der Waals surface area contributed by atoms with Crippen molar-refractivity contribution in [1.82, 2.24) is 0 Å². The lowest BCUT2D eigenvalue weighted by Crippen LogP contribution is -2.45. The van der Waals surface area contributed by atoms with Crippen LogP contribution < -0.4 is 10.2 Å². The van der Waals surface area contributed by atoms with E-state index >= 15 is 0 Å². The molecule has 2 fully saturated rings. The number of anilines is 2. The summed E-state index contributed by atoms with van der Waals surface area (Å²) in [6.07, 6.45) is 3.15. The smallest absolute Gasteiger partial charge is 0.315 e. The zero-order valence-electron chi connectivity index (χ0n) is 12.2. The van der Waals surface area contributed by atoms with Gasteiger partial charge in [0.05, 0.1) is 11.0 Å². The number of piperidine rings is 1. The number of nitro benzene ring substituents is 1. The molecule has 2 saturated heterocycles. The number of nitrogens with one attached hydrogen (secondary N) is 1. The van der Waals surface area contributed by atoms with Gasteiger partial charge in [-0.1, -0.05) is 6.07 Å². The van der Waals surface area contributed by atoms with Crippen LogP contribution in [0.3, 0.4) is 0 Å². The minimum absolute atomic E-state index is 0.160. The molecule has 2 N–H and O–H groups in total. The summed E-state index contributed by atoms with van der Waals surface area (Å²) in [4.78, 5) is 13.4. The van der Waals surface area contributed by atoms with Gasteiger partial charge in [0.25, 0.3) is 0 Å². The molecule has 0 aliphatic carbocycles. The minimum atomic E-state index is -0.294. The van der Waals surface area contributed by atoms with Gasteiger partial charge < -0.3 is 15.3 Å². The number of para-hydroxylation sites is 1. The second-order valence-electron chi connectivity index (χ2n) is 5.88. The maximum atomic E-state index is 11.5. The summed E-state index contributed by atoms with van der Waals surface area (Å²) in [6.45, 7) is 2.58. The Morgan fingerprint density at radius 1 is 1.38 bits per heavy atom. The van der Waals surface area contributed by atoms with Gasteiger partial charge in [0.1, 0.15) is 11.4 Å². The van der Waals surface area contributed by atoms with Crippen molar-refractivity contribution < 1.29 is 10.0 Å². The van der Waals surface area contributed by atoms with Gasteiger partial charge in [-0.3, -0.25) is 10.1 Å². The lowest BCUT2D eigenvalue weighted by atomic mass is 9.98. The van der Waals surface area contributed by atoms with Gasteiger partial charge >= 0.3 is 5.69 Å². The molecule has 2 unspecified atom stereocenters. The molecule has 0 radical (unpaired) electrons. The van der Waals surface area contributed by atoms with E-state index in [0.717, 1.165) is 12.8 Å². The maximum absolute atomic E-state index is 11.5. The highest BCUT2D eigenvalue weighted by Crippen LogP contribution is 2.45. The fraction of sp³-hybridized carbons (Fsp3) is 0.600. The third kappa shape index (κ3) is 2.44. The van der Waals surface area contributed by atoms with Crippen LogP contribution in [0.15, 0.2) is 18.2 Å². The molecule has 0 saturated carbocycles. The van der Waals surface area contributed by atoms with Gasteiger partial charge in [-0.15, -0.1) is 0 Å². The molecular formula is C15H21N3O3. The molecule has 114 valence electrons. The zero-order chi connectivity index (χ0) is 15.0. The lowest BCUT2D eigenvalue weighted by Gasteiger charge is -2.38. The van der Waals surface area contributed by atoms with E-state index in [9.17, 15) is 15.2 Å². The molecule has 6 nitrogen and oxygen atoms in total. The van der Waals surface area contributed by atoms with Gasteiger partial charge in [-0.25, -0.2) is 0 Å². The van der Waals surface area contributed by atoms with E-state index in [1.807, 2.05) is 19.1 Å². The number of rotatable bonds is 4. The second kappa shape index (κ2) is 5.52. The fourth-order valence-corrected chi connectivity index (χ4v) is 3.81. The molecule has 0 amide bonds. The van der Waals surface area contributed by atoms with Crippen LogP contribution in [0.4, 0.5) is 17.1 Å². The number of nitrogens with zero attached hydrogens (tertiary/aromatic N) is 2. The monoisotopic (exact) mass is 291 g/mol. The Kier molecular flexibility index (Phi) is 3.71. The first kappa shape index (κ1) is 14.1. The molecule has 1 aromatic rings. The SMILES string of the molecule is CCNc1cccc(N2C3CCC2CC(O)C3)c1[N+](=O)[O-]. The molecule has 2 aliphatic heterocycles. The van der Waals surface area contributed by atoms with Gasteiger partial charge in [0.15, 0.2) is 0 Å². The Morgan fingerprint density at radius 2 is 2.05 bits per heavy atom. The van der Waals surface area contributed by atoms with Gasteiger partial charge in [0.2, 0.25) is 0 Å². The summed E-state index contributed by atoms with van der Waals surface area (Å²) in [7, 11) is 0. The van der Waals surface area contributed by atoms with Crippen molar-refractivity contribution in [2.24, 2.45) is 0 Å². The second-order valence-corrected chi connectivity index (χ2v) is 5.88. The maximum Gasteiger partial charge on any atom is 0.315 e. The number of aliphatic hydroxyl groups excluding tert-OH is 1. The third-order valence-electron chi connectivity index (χ3n) is 4.55. The Balaban J connectivity index is 2.02. The summed E-state index contributed by atoms with van der Waals surface area (Å²) in [5.74, 6) is 0. The quantitative estimate of drug-likeness (QED) is 0.658. The van der Waals surface area contributed by atoms with Gasteiger partial charge in [-0.05, 0) is 44.7 Å². The Bertz CT molecular complexity index is 535. The van der Waals surface area contributed by atoms with E-state index in [4.69, 9.17) is 0 Å². The molecule has 1 aromatic carbocycles. The highest BCUT2D eigenvalue weighted by molar-refractivity contribution is 5.78. The average Bonchev–Trinajstić information content (AvgIpc) is 2.70. The summed E-state index contributed by atoms with van der Waals surface area (Å²) < 4.78 is 0. The van der Waals surface area contributed by atoms with Crippen molar-refractivity contribution in [2.75, 3.05) is 16.8 Å². The summed E-state index contributed by atoms with van der Waals surface area (Å²) >= 11 is 0. The molecule has 2 heterocycles. The van der Waals surface area contributed by atoms with Crippen LogP contribution in [0, 0.1) is 10.1 Å². The highest BCUT2D eigenvalue weighted by Gasteiger charge is 2.42. The number of benzene rings is 1. The van der Waals surface area contributed by atoms with E-state index in [1.54, 1.807) is 6.07 Å². The van der Waals surface area contributed by atoms with E-state index in [1.165, 1.54) is 0 Å². The number of fused-ring (bicyclic) bond motifs is 2. The van der Waals surface area contributed by atoms with Crippen LogP contribution in [-0.4, -0.2) is 34.8 Å². The lowest BCUT2D eigenvalue weighted by molar-refractivity contribution is -0.383. The Labute approximate surface area is 123 Å². The molecule has 0 spiro atoms. The molecule has 6 heteroatoms. The summed E-state index contributed by atoms with van der Waals surface area (Å²) in [5.41, 5.74) is 1.43.